The summed E-state index contributed by atoms with van der Waals surface area (Å²) in [5.74, 6) is -1.63. The van der Waals surface area contributed by atoms with Crippen LogP contribution in [0, 0.1) is 10.1 Å². The minimum atomic E-state index is -0.823. The van der Waals surface area contributed by atoms with Crippen LogP contribution in [0.4, 0.5) is 5.69 Å². The van der Waals surface area contributed by atoms with Gasteiger partial charge in [0.15, 0.2) is 11.4 Å². The van der Waals surface area contributed by atoms with Crippen LogP contribution in [0.2, 0.25) is 0 Å². The number of esters is 2. The van der Waals surface area contributed by atoms with E-state index >= 15 is 0 Å². The molecule has 126 valence electrons. The number of hydrogen-bond acceptors (Lipinski definition) is 7. The Bertz CT molecular complexity index is 783. The molecule has 0 N–H and O–H groups in total. The monoisotopic (exact) mass is 333 g/mol. The fraction of sp³-hybridized carbons (Fsp3) is 0.267. The van der Waals surface area contributed by atoms with E-state index in [1.54, 1.807) is 19.9 Å². The third-order valence-corrected chi connectivity index (χ3v) is 3.04. The third kappa shape index (κ3) is 3.24. The van der Waals surface area contributed by atoms with Gasteiger partial charge in [-0.2, -0.15) is 0 Å². The van der Waals surface area contributed by atoms with E-state index in [1.165, 1.54) is 18.2 Å². The highest BCUT2D eigenvalue weighted by Gasteiger charge is 2.29. The van der Waals surface area contributed by atoms with Crippen molar-refractivity contribution in [2.75, 3.05) is 13.2 Å². The van der Waals surface area contributed by atoms with Gasteiger partial charge in [-0.3, -0.25) is 14.7 Å². The molecule has 0 saturated carbocycles. The lowest BCUT2D eigenvalue weighted by Crippen LogP contribution is -2.17. The summed E-state index contributed by atoms with van der Waals surface area (Å²) in [6, 6.07) is 5.79. The molecule has 0 aliphatic heterocycles. The van der Waals surface area contributed by atoms with Crippen LogP contribution < -0.4 is 0 Å². The summed E-state index contributed by atoms with van der Waals surface area (Å²) in [7, 11) is 0. The molecule has 9 heteroatoms. The molecule has 0 saturated heterocycles. The number of nitro benzene ring substituents is 1. The van der Waals surface area contributed by atoms with E-state index in [-0.39, 0.29) is 36.0 Å². The van der Waals surface area contributed by atoms with E-state index in [0.29, 0.717) is 0 Å². The first-order valence-electron chi connectivity index (χ1n) is 7.16. The molecule has 0 bridgehead atoms. The molecular weight excluding hydrogens is 318 g/mol. The molecule has 2 aromatic rings. The quantitative estimate of drug-likeness (QED) is 0.452. The summed E-state index contributed by atoms with van der Waals surface area (Å²) in [5, 5.41) is 11.2. The Balaban J connectivity index is 2.65. The Morgan fingerprint density at radius 2 is 1.79 bits per heavy atom. The first-order valence-corrected chi connectivity index (χ1v) is 7.16. The number of hydrogen-bond donors (Lipinski definition) is 0. The van der Waals surface area contributed by atoms with Gasteiger partial charge < -0.3 is 9.47 Å². The molecule has 1 heterocycles. The average molecular weight is 333 g/mol. The number of nitrogens with zero attached hydrogens (tertiary/aromatic N) is 3. The predicted molar refractivity (Wildman–Crippen MR) is 82.1 cm³/mol. The summed E-state index contributed by atoms with van der Waals surface area (Å²) in [6.45, 7) is 3.39. The van der Waals surface area contributed by atoms with Crippen molar-refractivity contribution in [3.63, 3.8) is 0 Å². The van der Waals surface area contributed by atoms with Crippen LogP contribution in [0.3, 0.4) is 0 Å². The zero-order valence-corrected chi connectivity index (χ0v) is 13.1. The Morgan fingerprint density at radius 1 is 1.17 bits per heavy atom. The van der Waals surface area contributed by atoms with Crippen molar-refractivity contribution in [2.45, 2.75) is 13.8 Å². The minimum absolute atomic E-state index is 0.0726. The Labute approximate surface area is 137 Å². The third-order valence-electron chi connectivity index (χ3n) is 3.04. The van der Waals surface area contributed by atoms with Gasteiger partial charge in [-0.15, -0.1) is 0 Å². The van der Waals surface area contributed by atoms with Crippen LogP contribution >= 0.6 is 0 Å². The van der Waals surface area contributed by atoms with Crippen molar-refractivity contribution in [1.82, 2.24) is 9.55 Å². The second-order valence-electron chi connectivity index (χ2n) is 4.50. The SMILES string of the molecule is CCOC(=O)c1ncn(-c2ccccc2[N+](=O)[O-])c1C(=O)OCC. The number of para-hydroxylation sites is 2. The molecule has 0 aliphatic rings. The molecule has 0 aliphatic carbocycles. The summed E-state index contributed by atoms with van der Waals surface area (Å²) in [6.07, 6.45) is 1.15. The van der Waals surface area contributed by atoms with Gasteiger partial charge >= 0.3 is 11.9 Å². The largest absolute Gasteiger partial charge is 0.461 e. The highest BCUT2D eigenvalue weighted by Crippen LogP contribution is 2.25. The lowest BCUT2D eigenvalue weighted by molar-refractivity contribution is -0.384. The normalized spacial score (nSPS) is 10.2. The predicted octanol–water partition coefficient (Wildman–Crippen LogP) is 2.13. The molecule has 0 fully saturated rings. The van der Waals surface area contributed by atoms with Crippen molar-refractivity contribution in [3.05, 3.63) is 52.1 Å². The molecule has 0 radical (unpaired) electrons. The summed E-state index contributed by atoms with van der Waals surface area (Å²) < 4.78 is 11.0. The number of carbonyl (C=O) groups is 2. The van der Waals surface area contributed by atoms with E-state index in [9.17, 15) is 19.7 Å². The number of carbonyl (C=O) groups excluding carboxylic acids is 2. The van der Waals surface area contributed by atoms with Gasteiger partial charge in [-0.1, -0.05) is 12.1 Å². The molecule has 1 aromatic carbocycles. The molecular formula is C15H15N3O6. The molecule has 9 nitrogen and oxygen atoms in total. The van der Waals surface area contributed by atoms with Crippen molar-refractivity contribution >= 4 is 17.6 Å². The lowest BCUT2D eigenvalue weighted by atomic mass is 10.2. The molecule has 0 amide bonds. The number of benzene rings is 1. The van der Waals surface area contributed by atoms with E-state index in [2.05, 4.69) is 4.98 Å². The summed E-state index contributed by atoms with van der Waals surface area (Å²) >= 11 is 0. The zero-order chi connectivity index (χ0) is 17.7. The van der Waals surface area contributed by atoms with Crippen LogP contribution in [0.5, 0.6) is 0 Å². The maximum atomic E-state index is 12.2. The van der Waals surface area contributed by atoms with Crippen LogP contribution in [0.25, 0.3) is 5.69 Å². The van der Waals surface area contributed by atoms with Gasteiger partial charge in [0.05, 0.1) is 18.1 Å². The number of aromatic nitrogens is 2. The van der Waals surface area contributed by atoms with Crippen LogP contribution in [0.1, 0.15) is 34.8 Å². The van der Waals surface area contributed by atoms with Gasteiger partial charge in [0, 0.05) is 6.07 Å². The number of nitro groups is 1. The first-order chi connectivity index (χ1) is 11.5. The van der Waals surface area contributed by atoms with Gasteiger partial charge in [0.25, 0.3) is 5.69 Å². The second-order valence-corrected chi connectivity index (χ2v) is 4.50. The standard InChI is InChI=1S/C15H15N3O6/c1-3-23-14(19)12-13(15(20)24-4-2)17(9-16-12)10-7-5-6-8-11(10)18(21)22/h5-9H,3-4H2,1-2H3. The maximum absolute atomic E-state index is 12.2. The topological polar surface area (TPSA) is 114 Å². The van der Waals surface area contributed by atoms with Crippen molar-refractivity contribution in [3.8, 4) is 5.69 Å². The average Bonchev–Trinajstić information content (AvgIpc) is 3.00. The van der Waals surface area contributed by atoms with E-state index in [1.807, 2.05) is 0 Å². The lowest BCUT2D eigenvalue weighted by Gasteiger charge is -2.09. The summed E-state index contributed by atoms with van der Waals surface area (Å²) in [5.41, 5.74) is -0.623. The van der Waals surface area contributed by atoms with Crippen molar-refractivity contribution in [1.29, 1.82) is 0 Å². The Hall–Kier alpha value is -3.23. The summed E-state index contributed by atoms with van der Waals surface area (Å²) in [4.78, 5) is 38.7. The van der Waals surface area contributed by atoms with Crippen molar-refractivity contribution < 1.29 is 24.0 Å². The number of ether oxygens (including phenoxy) is 2. The highest BCUT2D eigenvalue weighted by atomic mass is 16.6. The Morgan fingerprint density at radius 3 is 2.42 bits per heavy atom. The fourth-order valence-corrected chi connectivity index (χ4v) is 2.10. The van der Waals surface area contributed by atoms with Crippen LogP contribution in [0.15, 0.2) is 30.6 Å². The molecule has 0 unspecified atom stereocenters. The van der Waals surface area contributed by atoms with Gasteiger partial charge in [0.1, 0.15) is 12.0 Å². The molecule has 0 atom stereocenters. The minimum Gasteiger partial charge on any atom is -0.461 e. The first kappa shape index (κ1) is 17.1. The van der Waals surface area contributed by atoms with Gasteiger partial charge in [-0.05, 0) is 19.9 Å². The maximum Gasteiger partial charge on any atom is 0.359 e. The zero-order valence-electron chi connectivity index (χ0n) is 13.1. The fourth-order valence-electron chi connectivity index (χ4n) is 2.10. The van der Waals surface area contributed by atoms with Gasteiger partial charge in [0.2, 0.25) is 0 Å². The highest BCUT2D eigenvalue weighted by molar-refractivity contribution is 6.01. The van der Waals surface area contributed by atoms with E-state index < -0.39 is 16.9 Å². The Kier molecular flexibility index (Phi) is 5.25. The molecule has 2 rings (SSSR count). The number of rotatable bonds is 6. The number of imidazole rings is 1. The second kappa shape index (κ2) is 7.36. The van der Waals surface area contributed by atoms with E-state index in [0.717, 1.165) is 10.9 Å². The molecule has 0 spiro atoms. The smallest absolute Gasteiger partial charge is 0.359 e. The molecule has 1 aromatic heterocycles. The van der Waals surface area contributed by atoms with E-state index in [4.69, 9.17) is 9.47 Å². The molecule has 24 heavy (non-hydrogen) atoms. The van der Waals surface area contributed by atoms with Crippen LogP contribution in [-0.2, 0) is 9.47 Å². The van der Waals surface area contributed by atoms with Gasteiger partial charge in [-0.25, -0.2) is 14.6 Å². The van der Waals surface area contributed by atoms with Crippen LogP contribution in [-0.4, -0.2) is 39.6 Å². The van der Waals surface area contributed by atoms with Crippen molar-refractivity contribution in [2.24, 2.45) is 0 Å².